The lowest BCUT2D eigenvalue weighted by molar-refractivity contribution is -0.145. The second kappa shape index (κ2) is 25.8. The monoisotopic (exact) mass is 1190 g/mol. The normalized spacial score (nSPS) is 22.3. The number of piperidine rings is 2. The molecule has 6 atom stereocenters. The number of ketones is 1. The highest BCUT2D eigenvalue weighted by Crippen LogP contribution is 2.44. The molecule has 0 unspecified atom stereocenters. The van der Waals surface area contributed by atoms with Crippen LogP contribution in [0.3, 0.4) is 0 Å². The lowest BCUT2D eigenvalue weighted by Crippen LogP contribution is -2.63. The number of nitrogens with one attached hydrogen (secondary N) is 4. The van der Waals surface area contributed by atoms with Crippen LogP contribution in [0.4, 0.5) is 52.7 Å². The number of hydrogen-bond donors (Lipinski definition) is 5. The highest BCUT2D eigenvalue weighted by atomic mass is 19.4. The molecule has 0 saturated carbocycles. The summed E-state index contributed by atoms with van der Waals surface area (Å²) in [7, 11) is 0. The van der Waals surface area contributed by atoms with Gasteiger partial charge in [-0.1, -0.05) is 94.5 Å². The first-order chi connectivity index (χ1) is 38.0. The Balaban J connectivity index is 0.000000297. The quantitative estimate of drug-likeness (QED) is 0.0269. The third-order valence-electron chi connectivity index (χ3n) is 15.2. The molecule has 454 valence electrons. The first-order valence-corrected chi connectivity index (χ1v) is 25.4. The SMILES string of the molecule is C.C.CC/C(=N\O)[C@]1(n2cn[nH]c2=O)CC[C@@](CO[C@H](C)c2cc(C(F)(F)F)cc(C(F)(F)F)c2)(c2ccccc2)NC1.CCC(=O)[C@]1(n2cn[nH]c2=O)CC[C@@](CO[C@H](C)c2cc(C(F)(F)F)cc(C(F)(F)F)c2)(c2ccccc2)NC1. The minimum Gasteiger partial charge on any atom is -0.411 e. The Labute approximate surface area is 469 Å². The van der Waals surface area contributed by atoms with Gasteiger partial charge in [0, 0.05) is 19.5 Å². The van der Waals surface area contributed by atoms with Crippen LogP contribution >= 0.6 is 0 Å². The summed E-state index contributed by atoms with van der Waals surface area (Å²) in [6, 6.07) is 20.8. The van der Waals surface area contributed by atoms with E-state index in [1.54, 1.807) is 50.2 Å². The molecule has 0 amide bonds. The van der Waals surface area contributed by atoms with Crippen LogP contribution in [0.15, 0.2) is 124 Å². The Morgan fingerprint density at radius 1 is 0.578 bits per heavy atom. The second-order valence-electron chi connectivity index (χ2n) is 20.0. The van der Waals surface area contributed by atoms with E-state index in [9.17, 15) is 72.3 Å². The predicted molar refractivity (Wildman–Crippen MR) is 282 cm³/mol. The zero-order valence-electron chi connectivity index (χ0n) is 43.9. The van der Waals surface area contributed by atoms with Crippen molar-refractivity contribution in [3.05, 3.63) is 175 Å². The molecule has 8 rings (SSSR count). The molecular weight excluding hydrogens is 1120 g/mol. The smallest absolute Gasteiger partial charge is 0.411 e. The summed E-state index contributed by atoms with van der Waals surface area (Å²) < 4.78 is 175. The van der Waals surface area contributed by atoms with Gasteiger partial charge in [-0.2, -0.15) is 62.9 Å². The van der Waals surface area contributed by atoms with Gasteiger partial charge in [0.25, 0.3) is 0 Å². The van der Waals surface area contributed by atoms with E-state index in [-0.39, 0.29) is 95.9 Å². The van der Waals surface area contributed by atoms with Gasteiger partial charge in [0.2, 0.25) is 0 Å². The van der Waals surface area contributed by atoms with Crippen LogP contribution in [0.2, 0.25) is 0 Å². The van der Waals surface area contributed by atoms with Gasteiger partial charge in [-0.15, -0.1) is 0 Å². The van der Waals surface area contributed by atoms with Crippen LogP contribution in [0, 0.1) is 0 Å². The average molecular weight is 1190 g/mol. The molecule has 2 fully saturated rings. The lowest BCUT2D eigenvalue weighted by Gasteiger charge is -2.48. The van der Waals surface area contributed by atoms with E-state index in [0.717, 1.165) is 11.1 Å². The number of Topliss-reactive ketones (excluding diaryl/α,β-unsaturated/α-hetero) is 1. The molecule has 4 heterocycles. The van der Waals surface area contributed by atoms with Gasteiger partial charge in [0.1, 0.15) is 23.7 Å². The van der Waals surface area contributed by atoms with Crippen molar-refractivity contribution in [1.29, 1.82) is 0 Å². The van der Waals surface area contributed by atoms with Gasteiger partial charge < -0.3 is 25.3 Å². The fourth-order valence-corrected chi connectivity index (χ4v) is 10.5. The number of hydrogen-bond acceptors (Lipinski definition) is 11. The zero-order valence-corrected chi connectivity index (χ0v) is 43.9. The molecule has 2 aliphatic rings. The lowest BCUT2D eigenvalue weighted by atomic mass is 9.73. The summed E-state index contributed by atoms with van der Waals surface area (Å²) in [4.78, 5) is 38.1. The number of H-pyrrole nitrogens is 2. The Hall–Kier alpha value is -7.10. The molecule has 2 aromatic heterocycles. The number of halogens is 12. The van der Waals surface area contributed by atoms with Gasteiger partial charge in [-0.3, -0.25) is 13.9 Å². The summed E-state index contributed by atoms with van der Waals surface area (Å²) >= 11 is 0. The zero-order chi connectivity index (χ0) is 59.4. The number of alkyl halides is 12. The molecule has 0 aliphatic carbocycles. The topological polar surface area (TPSA) is 194 Å². The summed E-state index contributed by atoms with van der Waals surface area (Å²) in [5, 5.41) is 32.2. The van der Waals surface area contributed by atoms with Crippen LogP contribution in [0.5, 0.6) is 0 Å². The van der Waals surface area contributed by atoms with Crippen molar-refractivity contribution in [1.82, 2.24) is 40.2 Å². The number of aromatic nitrogens is 6. The molecule has 2 aliphatic heterocycles. The molecule has 4 aromatic carbocycles. The van der Waals surface area contributed by atoms with Gasteiger partial charge >= 0.3 is 36.1 Å². The minimum absolute atomic E-state index is 0. The molecule has 15 nitrogen and oxygen atoms in total. The number of benzene rings is 4. The highest BCUT2D eigenvalue weighted by molar-refractivity contribution is 5.91. The fourth-order valence-electron chi connectivity index (χ4n) is 10.5. The van der Waals surface area contributed by atoms with E-state index in [0.29, 0.717) is 42.8 Å². The highest BCUT2D eigenvalue weighted by Gasteiger charge is 2.51. The Morgan fingerprint density at radius 2 is 0.928 bits per heavy atom. The van der Waals surface area contributed by atoms with Crippen molar-refractivity contribution in [2.24, 2.45) is 5.16 Å². The third kappa shape index (κ3) is 14.3. The van der Waals surface area contributed by atoms with Gasteiger partial charge in [0.15, 0.2) is 5.78 Å². The Bertz CT molecular complexity index is 3180. The molecule has 2 saturated heterocycles. The number of oxime groups is 1. The van der Waals surface area contributed by atoms with Gasteiger partial charge in [-0.25, -0.2) is 19.8 Å². The summed E-state index contributed by atoms with van der Waals surface area (Å²) in [5.41, 5.74) is -9.65. The molecule has 5 N–H and O–H groups in total. The molecule has 6 aromatic rings. The van der Waals surface area contributed by atoms with E-state index in [1.165, 1.54) is 35.6 Å². The van der Waals surface area contributed by atoms with Crippen LogP contribution in [-0.4, -0.2) is 72.5 Å². The van der Waals surface area contributed by atoms with E-state index in [2.05, 4.69) is 36.2 Å². The van der Waals surface area contributed by atoms with Gasteiger partial charge in [0.05, 0.1) is 64.5 Å². The van der Waals surface area contributed by atoms with Gasteiger partial charge in [-0.05, 0) is 105 Å². The Morgan fingerprint density at radius 3 is 1.20 bits per heavy atom. The number of carbonyl (C=O) groups excluding carboxylic acids is 1. The molecule has 0 bridgehead atoms. The predicted octanol–water partition coefficient (Wildman–Crippen LogP) is 12.2. The maximum absolute atomic E-state index is 13.4. The van der Waals surface area contributed by atoms with Crippen LogP contribution in [-0.2, 0) is 61.1 Å². The second-order valence-corrected chi connectivity index (χ2v) is 20.0. The fraction of sp³-hybridized carbons (Fsp3) is 0.464. The van der Waals surface area contributed by atoms with E-state index >= 15 is 0 Å². The molecule has 27 heteroatoms. The Kier molecular flexibility index (Phi) is 20.7. The first kappa shape index (κ1) is 66.7. The van der Waals surface area contributed by atoms with Crippen molar-refractivity contribution >= 4 is 11.5 Å². The summed E-state index contributed by atoms with van der Waals surface area (Å²) in [5.74, 6) is -0.192. The molecular formula is C56H65F12N9O6. The first-order valence-electron chi connectivity index (χ1n) is 25.4. The summed E-state index contributed by atoms with van der Waals surface area (Å²) in [6.07, 6.45) is -18.1. The van der Waals surface area contributed by atoms with Crippen molar-refractivity contribution < 1.29 is 72.2 Å². The maximum atomic E-state index is 13.4. The van der Waals surface area contributed by atoms with Crippen molar-refractivity contribution in [3.8, 4) is 0 Å². The number of aromatic amines is 2. The van der Waals surface area contributed by atoms with E-state index < -0.39 is 92.7 Å². The number of carbonyl (C=O) groups is 1. The molecule has 0 spiro atoms. The minimum atomic E-state index is -4.98. The number of ether oxygens (including phenoxy) is 2. The molecule has 0 radical (unpaired) electrons. The van der Waals surface area contributed by atoms with Crippen LogP contribution < -0.4 is 22.0 Å². The van der Waals surface area contributed by atoms with Crippen LogP contribution in [0.25, 0.3) is 0 Å². The number of nitrogens with zero attached hydrogens (tertiary/aromatic N) is 5. The van der Waals surface area contributed by atoms with Crippen molar-refractivity contribution in [3.63, 3.8) is 0 Å². The van der Waals surface area contributed by atoms with E-state index in [4.69, 9.17) is 9.47 Å². The average Bonchev–Trinajstić information content (AvgIpc) is 3.11. The third-order valence-corrected chi connectivity index (χ3v) is 15.2. The summed E-state index contributed by atoms with van der Waals surface area (Å²) in [6.45, 7) is 6.09. The van der Waals surface area contributed by atoms with E-state index in [1.807, 2.05) is 24.3 Å². The van der Waals surface area contributed by atoms with Crippen LogP contribution in [0.1, 0.15) is 138 Å². The number of rotatable bonds is 16. The molecule has 83 heavy (non-hydrogen) atoms. The van der Waals surface area contributed by atoms with Crippen molar-refractivity contribution in [2.45, 2.75) is 140 Å². The standard InChI is InChI=1S/C27H29F6N5O3.C27H28F6N4O3.2CH4/c1-3-22(37-40)25(38-16-35-36-23(38)39)10-9-24(34-14-25,19-7-5-4-6-8-19)15-41-17(2)18-11-20(26(28,29)30)13-21(12-18)27(31,32)33;1-3-22(38)25(37-16-35-36-23(37)39)10-9-24(34-14-25,19-7-5-4-6-8-19)15-40-17(2)18-11-20(26(28,29)30)13-21(12-18)27(31,32)33;;/h4-8,11-13,16-17,34,40H,3,9-10,14-15H2,1-2H3,(H,36,39);4-8,11-13,16-17,34H,3,9-10,14-15H2,1-2H3,(H,36,39);2*1H4/b37-22+;;;/t2*17-,24-,25+;;/m11../s1. The largest absolute Gasteiger partial charge is 0.416 e. The maximum Gasteiger partial charge on any atom is 0.416 e. The van der Waals surface area contributed by atoms with Crippen molar-refractivity contribution in [2.75, 3.05) is 26.3 Å².